The molecular formula is C18H26N6O2. The molecule has 140 valence electrons. The lowest BCUT2D eigenvalue weighted by atomic mass is 9.92. The predicted octanol–water partition coefficient (Wildman–Crippen LogP) is 1.48. The van der Waals surface area contributed by atoms with Crippen molar-refractivity contribution in [3.63, 3.8) is 0 Å². The molecule has 8 heteroatoms. The molecule has 0 spiro atoms. The van der Waals surface area contributed by atoms with E-state index < -0.39 is 0 Å². The Kier molecular flexibility index (Phi) is 4.60. The molecule has 26 heavy (non-hydrogen) atoms. The number of likely N-dealkylation sites (N-methyl/N-ethyl adjacent to an activating group) is 1. The number of hydrogen-bond acceptors (Lipinski definition) is 6. The van der Waals surface area contributed by atoms with E-state index in [1.165, 1.54) is 7.11 Å². The van der Waals surface area contributed by atoms with Gasteiger partial charge in [-0.2, -0.15) is 5.10 Å². The first kappa shape index (κ1) is 18.2. The predicted molar refractivity (Wildman–Crippen MR) is 98.6 cm³/mol. The molecule has 3 rings (SSSR count). The molecule has 1 saturated heterocycles. The summed E-state index contributed by atoms with van der Waals surface area (Å²) < 4.78 is 6.77. The topological polar surface area (TPSA) is 76.4 Å². The quantitative estimate of drug-likeness (QED) is 0.824. The van der Waals surface area contributed by atoms with E-state index in [2.05, 4.69) is 41.0 Å². The van der Waals surface area contributed by atoms with Crippen LogP contribution in [0.2, 0.25) is 0 Å². The third-order valence-corrected chi connectivity index (χ3v) is 4.69. The third kappa shape index (κ3) is 3.36. The van der Waals surface area contributed by atoms with Crippen molar-refractivity contribution in [3.05, 3.63) is 29.6 Å². The lowest BCUT2D eigenvalue weighted by molar-refractivity contribution is 0.0701. The van der Waals surface area contributed by atoms with Crippen LogP contribution in [0.3, 0.4) is 0 Å². The summed E-state index contributed by atoms with van der Waals surface area (Å²) in [6.07, 6.45) is 1.69. The lowest BCUT2D eigenvalue weighted by Crippen LogP contribution is -2.60. The van der Waals surface area contributed by atoms with Crippen molar-refractivity contribution >= 4 is 11.7 Å². The fourth-order valence-corrected chi connectivity index (χ4v) is 2.90. The molecule has 0 radical (unpaired) electrons. The Morgan fingerprint density at radius 3 is 2.50 bits per heavy atom. The fourth-order valence-electron chi connectivity index (χ4n) is 2.90. The molecule has 2 aromatic rings. The summed E-state index contributed by atoms with van der Waals surface area (Å²) in [4.78, 5) is 16.6. The second kappa shape index (κ2) is 6.59. The van der Waals surface area contributed by atoms with Crippen molar-refractivity contribution in [2.75, 3.05) is 32.1 Å². The van der Waals surface area contributed by atoms with Crippen LogP contribution in [0.25, 0.3) is 0 Å². The lowest BCUT2D eigenvalue weighted by Gasteiger charge is -2.44. The number of aryl methyl sites for hydroxylation is 1. The van der Waals surface area contributed by atoms with Gasteiger partial charge in [-0.1, -0.05) is 20.8 Å². The largest absolute Gasteiger partial charge is 0.479 e. The molecule has 0 N–H and O–H groups in total. The summed E-state index contributed by atoms with van der Waals surface area (Å²) in [5, 5.41) is 12.8. The summed E-state index contributed by atoms with van der Waals surface area (Å²) >= 11 is 0. The Morgan fingerprint density at radius 2 is 1.96 bits per heavy atom. The first-order valence-corrected chi connectivity index (χ1v) is 8.64. The first-order chi connectivity index (χ1) is 12.2. The average molecular weight is 358 g/mol. The molecule has 1 amide bonds. The maximum atomic E-state index is 12.7. The molecule has 0 aromatic carbocycles. The van der Waals surface area contributed by atoms with E-state index in [4.69, 9.17) is 4.74 Å². The van der Waals surface area contributed by atoms with Crippen LogP contribution in [-0.4, -0.2) is 64.1 Å². The molecule has 1 aliphatic rings. The van der Waals surface area contributed by atoms with Gasteiger partial charge in [0.1, 0.15) is 5.56 Å². The molecular weight excluding hydrogens is 332 g/mol. The molecule has 3 heterocycles. The third-order valence-electron chi connectivity index (χ3n) is 4.69. The Bertz CT molecular complexity index is 787. The zero-order valence-electron chi connectivity index (χ0n) is 16.2. The smallest absolute Gasteiger partial charge is 0.261 e. The number of anilines is 1. The van der Waals surface area contributed by atoms with Gasteiger partial charge in [0.2, 0.25) is 5.88 Å². The molecule has 0 unspecified atom stereocenters. The molecule has 2 aromatic heterocycles. The van der Waals surface area contributed by atoms with E-state index in [1.54, 1.807) is 22.8 Å². The molecule has 8 nitrogen and oxygen atoms in total. The molecule has 1 aliphatic heterocycles. The molecule has 0 aliphatic carbocycles. The van der Waals surface area contributed by atoms with Crippen molar-refractivity contribution in [1.82, 2.24) is 24.9 Å². The van der Waals surface area contributed by atoms with Crippen LogP contribution in [0.5, 0.6) is 5.88 Å². The van der Waals surface area contributed by atoms with E-state index in [0.29, 0.717) is 11.4 Å². The van der Waals surface area contributed by atoms with Crippen molar-refractivity contribution < 1.29 is 9.53 Å². The van der Waals surface area contributed by atoms with Gasteiger partial charge in [-0.05, 0) is 12.1 Å². The number of methoxy groups -OCH3 is 1. The average Bonchev–Trinajstić information content (AvgIpc) is 2.93. The van der Waals surface area contributed by atoms with Crippen molar-refractivity contribution in [1.29, 1.82) is 0 Å². The zero-order chi connectivity index (χ0) is 19.1. The van der Waals surface area contributed by atoms with Gasteiger partial charge >= 0.3 is 0 Å². The second-order valence-corrected chi connectivity index (χ2v) is 7.73. The normalized spacial score (nSPS) is 14.9. The number of ether oxygens (including phenoxy) is 1. The summed E-state index contributed by atoms with van der Waals surface area (Å²) in [5.41, 5.74) is 1.43. The summed E-state index contributed by atoms with van der Waals surface area (Å²) in [7, 11) is 5.10. The van der Waals surface area contributed by atoms with E-state index in [9.17, 15) is 4.79 Å². The number of nitrogens with zero attached hydrogens (tertiary/aromatic N) is 6. The minimum atomic E-state index is -0.0891. The van der Waals surface area contributed by atoms with E-state index in [1.807, 2.05) is 19.2 Å². The van der Waals surface area contributed by atoms with Crippen LogP contribution >= 0.6 is 0 Å². The van der Waals surface area contributed by atoms with Crippen LogP contribution in [0.15, 0.2) is 18.3 Å². The van der Waals surface area contributed by atoms with Crippen molar-refractivity contribution in [3.8, 4) is 5.88 Å². The van der Waals surface area contributed by atoms with Gasteiger partial charge in [0.05, 0.1) is 18.8 Å². The maximum Gasteiger partial charge on any atom is 0.261 e. The molecule has 0 atom stereocenters. The highest BCUT2D eigenvalue weighted by atomic mass is 16.5. The number of hydrogen-bond donors (Lipinski definition) is 0. The summed E-state index contributed by atoms with van der Waals surface area (Å²) in [6.45, 7) is 7.81. The first-order valence-electron chi connectivity index (χ1n) is 8.64. The van der Waals surface area contributed by atoms with Gasteiger partial charge in [0.15, 0.2) is 5.82 Å². The fraction of sp³-hybridized carbons (Fsp3) is 0.556. The highest BCUT2D eigenvalue weighted by Gasteiger charge is 2.35. The highest BCUT2D eigenvalue weighted by molar-refractivity contribution is 5.96. The number of carbonyl (C=O) groups is 1. The second-order valence-electron chi connectivity index (χ2n) is 7.73. The van der Waals surface area contributed by atoms with E-state index in [0.717, 1.165) is 24.6 Å². The molecule has 1 fully saturated rings. The Labute approximate surface area is 153 Å². The van der Waals surface area contributed by atoms with Gasteiger partial charge in [-0.3, -0.25) is 9.48 Å². The Balaban J connectivity index is 1.63. The highest BCUT2D eigenvalue weighted by Crippen LogP contribution is 2.26. The Hall–Kier alpha value is -2.64. The maximum absolute atomic E-state index is 12.7. The van der Waals surface area contributed by atoms with Crippen LogP contribution in [0.4, 0.5) is 5.82 Å². The SMILES string of the molecule is COc1nn(C)cc1C(=O)N(C)C1CN(c2ccc(C(C)(C)C)nn2)C1. The molecule has 0 saturated carbocycles. The van der Waals surface area contributed by atoms with Gasteiger partial charge in [-0.15, -0.1) is 10.2 Å². The number of rotatable bonds is 4. The Morgan fingerprint density at radius 1 is 1.27 bits per heavy atom. The van der Waals surface area contributed by atoms with E-state index >= 15 is 0 Å². The van der Waals surface area contributed by atoms with Crippen LogP contribution < -0.4 is 9.64 Å². The van der Waals surface area contributed by atoms with Gasteiger partial charge in [0, 0.05) is 38.8 Å². The number of amides is 1. The van der Waals surface area contributed by atoms with Crippen molar-refractivity contribution in [2.45, 2.75) is 32.2 Å². The number of carbonyl (C=O) groups excluding carboxylic acids is 1. The minimum absolute atomic E-state index is 0.0155. The number of aromatic nitrogens is 4. The van der Waals surface area contributed by atoms with Gasteiger partial charge in [0.25, 0.3) is 5.91 Å². The van der Waals surface area contributed by atoms with E-state index in [-0.39, 0.29) is 17.4 Å². The minimum Gasteiger partial charge on any atom is -0.479 e. The van der Waals surface area contributed by atoms with Gasteiger partial charge in [-0.25, -0.2) is 0 Å². The van der Waals surface area contributed by atoms with Crippen molar-refractivity contribution in [2.24, 2.45) is 7.05 Å². The summed E-state index contributed by atoms with van der Waals surface area (Å²) in [6, 6.07) is 4.14. The standard InChI is InChI=1S/C18H26N6O2/c1-18(2,3)14-7-8-15(20-19-14)24-9-12(10-24)23(5)17(25)13-11-22(4)21-16(13)26-6/h7-8,11-12H,9-10H2,1-6H3. The monoisotopic (exact) mass is 358 g/mol. The van der Waals surface area contributed by atoms with Crippen LogP contribution in [0.1, 0.15) is 36.8 Å². The van der Waals surface area contributed by atoms with Gasteiger partial charge < -0.3 is 14.5 Å². The van der Waals surface area contributed by atoms with Crippen LogP contribution in [0, 0.1) is 0 Å². The van der Waals surface area contributed by atoms with Crippen LogP contribution in [-0.2, 0) is 12.5 Å². The summed E-state index contributed by atoms with van der Waals surface area (Å²) in [5.74, 6) is 1.10. The zero-order valence-corrected chi connectivity index (χ0v) is 16.2. The molecule has 0 bridgehead atoms.